The summed E-state index contributed by atoms with van der Waals surface area (Å²) in [5.41, 5.74) is 0.111. The molecule has 7 heteroatoms. The Labute approximate surface area is 94.1 Å². The van der Waals surface area contributed by atoms with Gasteiger partial charge < -0.3 is 9.72 Å². The molecule has 0 amide bonds. The fourth-order valence-electron chi connectivity index (χ4n) is 1.08. The molecule has 1 rings (SSSR count). The van der Waals surface area contributed by atoms with E-state index in [0.29, 0.717) is 13.0 Å². The molecule has 6 nitrogen and oxygen atoms in total. The Morgan fingerprint density at radius 3 is 2.81 bits per heavy atom. The monoisotopic (exact) mass is 246 g/mol. The molecule has 1 aromatic heterocycles. The number of hydrogen-bond donors (Lipinski definition) is 2. The Morgan fingerprint density at radius 1 is 1.56 bits per heavy atom. The minimum atomic E-state index is -3.53. The van der Waals surface area contributed by atoms with Crippen LogP contribution in [0.4, 0.5) is 0 Å². The first-order valence-electron chi connectivity index (χ1n) is 4.77. The van der Waals surface area contributed by atoms with E-state index in [1.54, 1.807) is 0 Å². The van der Waals surface area contributed by atoms with Crippen molar-refractivity contribution in [2.45, 2.75) is 18.2 Å². The van der Waals surface area contributed by atoms with Gasteiger partial charge in [0.15, 0.2) is 0 Å². The Morgan fingerprint density at radius 2 is 2.25 bits per heavy atom. The van der Waals surface area contributed by atoms with Crippen LogP contribution in [0.5, 0.6) is 0 Å². The van der Waals surface area contributed by atoms with Gasteiger partial charge in [-0.1, -0.05) is 6.92 Å². The summed E-state index contributed by atoms with van der Waals surface area (Å²) < 4.78 is 30.1. The van der Waals surface area contributed by atoms with Gasteiger partial charge in [0.25, 0.3) is 0 Å². The number of aromatic amines is 1. The van der Waals surface area contributed by atoms with Crippen LogP contribution in [0.3, 0.4) is 0 Å². The molecule has 0 spiro atoms. The van der Waals surface area contributed by atoms with Crippen molar-refractivity contribution in [3.8, 4) is 0 Å². The molecule has 0 radical (unpaired) electrons. The van der Waals surface area contributed by atoms with Crippen LogP contribution >= 0.6 is 0 Å². The fourth-order valence-corrected chi connectivity index (χ4v) is 2.20. The van der Waals surface area contributed by atoms with Gasteiger partial charge in [-0.05, 0) is 12.5 Å². The quantitative estimate of drug-likeness (QED) is 0.740. The van der Waals surface area contributed by atoms with Crippen molar-refractivity contribution in [1.82, 2.24) is 9.71 Å². The number of hydrogen-bond acceptors (Lipinski definition) is 4. The molecular weight excluding hydrogens is 232 g/mol. The van der Waals surface area contributed by atoms with E-state index < -0.39 is 16.0 Å². The van der Waals surface area contributed by atoms with Crippen LogP contribution in [-0.2, 0) is 14.8 Å². The number of rotatable bonds is 5. The van der Waals surface area contributed by atoms with Gasteiger partial charge in [0.05, 0.1) is 7.11 Å². The minimum absolute atomic E-state index is 0.0290. The van der Waals surface area contributed by atoms with Crippen LogP contribution in [0.2, 0.25) is 0 Å². The standard InChI is InChI=1S/C9H14N2O4S/c1-3-4-11-16(13,14)7-5-8(10-6-7)9(12)15-2/h5-6,10-11H,3-4H2,1-2H3. The predicted molar refractivity (Wildman–Crippen MR) is 57.6 cm³/mol. The Kier molecular flexibility index (Phi) is 4.08. The van der Waals surface area contributed by atoms with E-state index in [4.69, 9.17) is 0 Å². The number of H-pyrrole nitrogens is 1. The molecule has 0 aliphatic rings. The molecule has 0 fully saturated rings. The van der Waals surface area contributed by atoms with E-state index in [9.17, 15) is 13.2 Å². The van der Waals surface area contributed by atoms with Crippen LogP contribution in [0.25, 0.3) is 0 Å². The van der Waals surface area contributed by atoms with Gasteiger partial charge in [-0.25, -0.2) is 17.9 Å². The van der Waals surface area contributed by atoms with Gasteiger partial charge in [0.2, 0.25) is 10.0 Å². The molecule has 90 valence electrons. The van der Waals surface area contributed by atoms with Crippen LogP contribution < -0.4 is 4.72 Å². The van der Waals surface area contributed by atoms with Crippen molar-refractivity contribution in [3.63, 3.8) is 0 Å². The highest BCUT2D eigenvalue weighted by Crippen LogP contribution is 2.11. The third-order valence-corrected chi connectivity index (χ3v) is 3.35. The largest absolute Gasteiger partial charge is 0.464 e. The number of carbonyl (C=O) groups excluding carboxylic acids is 1. The lowest BCUT2D eigenvalue weighted by atomic mass is 10.4. The van der Waals surface area contributed by atoms with Crippen molar-refractivity contribution in [2.24, 2.45) is 0 Å². The summed E-state index contributed by atoms with van der Waals surface area (Å²) in [5, 5.41) is 0. The Balaban J connectivity index is 2.89. The molecule has 1 aromatic rings. The average molecular weight is 246 g/mol. The Hall–Kier alpha value is -1.34. The smallest absolute Gasteiger partial charge is 0.354 e. The normalized spacial score (nSPS) is 11.4. The van der Waals surface area contributed by atoms with Crippen LogP contribution in [0, 0.1) is 0 Å². The van der Waals surface area contributed by atoms with Gasteiger partial charge in [-0.15, -0.1) is 0 Å². The van der Waals surface area contributed by atoms with Gasteiger partial charge in [0.1, 0.15) is 10.6 Å². The molecule has 1 heterocycles. The number of esters is 1. The van der Waals surface area contributed by atoms with Crippen molar-refractivity contribution in [2.75, 3.05) is 13.7 Å². The van der Waals surface area contributed by atoms with Crippen LogP contribution in [-0.4, -0.2) is 33.0 Å². The molecule has 0 aromatic carbocycles. The summed E-state index contributed by atoms with van der Waals surface area (Å²) in [4.78, 5) is 13.7. The molecule has 0 atom stereocenters. The lowest BCUT2D eigenvalue weighted by Crippen LogP contribution is -2.23. The highest BCUT2D eigenvalue weighted by Gasteiger charge is 2.17. The molecular formula is C9H14N2O4S. The summed E-state index contributed by atoms with van der Waals surface area (Å²) >= 11 is 0. The summed E-state index contributed by atoms with van der Waals surface area (Å²) in [5.74, 6) is -0.600. The number of nitrogens with one attached hydrogen (secondary N) is 2. The van der Waals surface area contributed by atoms with E-state index in [1.165, 1.54) is 19.4 Å². The zero-order chi connectivity index (χ0) is 12.2. The molecule has 0 saturated carbocycles. The number of aromatic nitrogens is 1. The number of carbonyl (C=O) groups is 1. The minimum Gasteiger partial charge on any atom is -0.464 e. The maximum Gasteiger partial charge on any atom is 0.354 e. The van der Waals surface area contributed by atoms with E-state index in [1.807, 2.05) is 6.92 Å². The first kappa shape index (κ1) is 12.7. The summed E-state index contributed by atoms with van der Waals surface area (Å²) in [6, 6.07) is 1.24. The molecule has 0 unspecified atom stereocenters. The molecule has 2 N–H and O–H groups in total. The van der Waals surface area contributed by atoms with Crippen molar-refractivity contribution in [1.29, 1.82) is 0 Å². The zero-order valence-corrected chi connectivity index (χ0v) is 9.93. The highest BCUT2D eigenvalue weighted by molar-refractivity contribution is 7.89. The SMILES string of the molecule is CCCNS(=O)(=O)c1c[nH]c(C(=O)OC)c1. The average Bonchev–Trinajstić information content (AvgIpc) is 2.75. The molecule has 0 aliphatic carbocycles. The molecule has 0 bridgehead atoms. The Bertz CT molecular complexity index is 464. The van der Waals surface area contributed by atoms with E-state index >= 15 is 0 Å². The number of sulfonamides is 1. The second-order valence-electron chi connectivity index (χ2n) is 3.14. The lowest BCUT2D eigenvalue weighted by molar-refractivity contribution is 0.0595. The van der Waals surface area contributed by atoms with Gasteiger partial charge in [-0.3, -0.25) is 0 Å². The van der Waals surface area contributed by atoms with Gasteiger partial charge in [-0.2, -0.15) is 0 Å². The lowest BCUT2D eigenvalue weighted by Gasteiger charge is -2.01. The van der Waals surface area contributed by atoms with Crippen LogP contribution in [0.1, 0.15) is 23.8 Å². The van der Waals surface area contributed by atoms with Gasteiger partial charge >= 0.3 is 5.97 Å². The first-order valence-corrected chi connectivity index (χ1v) is 6.26. The molecule has 0 aliphatic heterocycles. The van der Waals surface area contributed by atoms with Gasteiger partial charge in [0, 0.05) is 12.7 Å². The summed E-state index contributed by atoms with van der Waals surface area (Å²) in [6.45, 7) is 2.22. The van der Waals surface area contributed by atoms with Crippen LogP contribution in [0.15, 0.2) is 17.2 Å². The van der Waals surface area contributed by atoms with E-state index in [2.05, 4.69) is 14.4 Å². The number of methoxy groups -OCH3 is 1. The second kappa shape index (κ2) is 5.13. The molecule has 0 saturated heterocycles. The predicted octanol–water partition coefficient (Wildman–Crippen LogP) is 0.490. The zero-order valence-electron chi connectivity index (χ0n) is 9.11. The third kappa shape index (κ3) is 2.83. The second-order valence-corrected chi connectivity index (χ2v) is 4.91. The van der Waals surface area contributed by atoms with E-state index in [0.717, 1.165) is 0 Å². The maximum absolute atomic E-state index is 11.6. The van der Waals surface area contributed by atoms with Crippen molar-refractivity contribution < 1.29 is 17.9 Å². The maximum atomic E-state index is 11.6. The van der Waals surface area contributed by atoms with Crippen molar-refractivity contribution >= 4 is 16.0 Å². The number of ether oxygens (including phenoxy) is 1. The van der Waals surface area contributed by atoms with E-state index in [-0.39, 0.29) is 10.6 Å². The highest BCUT2D eigenvalue weighted by atomic mass is 32.2. The summed E-state index contributed by atoms with van der Waals surface area (Å²) in [6.07, 6.45) is 1.96. The fraction of sp³-hybridized carbons (Fsp3) is 0.444. The summed E-state index contributed by atoms with van der Waals surface area (Å²) in [7, 11) is -2.30. The van der Waals surface area contributed by atoms with Crippen molar-refractivity contribution in [3.05, 3.63) is 18.0 Å². The third-order valence-electron chi connectivity index (χ3n) is 1.91. The topological polar surface area (TPSA) is 88.3 Å². The molecule has 16 heavy (non-hydrogen) atoms. The first-order chi connectivity index (χ1) is 7.51.